The Balaban J connectivity index is 1.80. The zero-order chi connectivity index (χ0) is 15.8. The van der Waals surface area contributed by atoms with Gasteiger partial charge in [0, 0.05) is 18.8 Å². The Morgan fingerprint density at radius 1 is 1.35 bits per heavy atom. The number of hydrogen-bond acceptors (Lipinski definition) is 5. The lowest BCUT2D eigenvalue weighted by Crippen LogP contribution is -2.44. The molecule has 3 aromatic rings. The van der Waals surface area contributed by atoms with E-state index in [1.165, 1.54) is 0 Å². The normalized spacial score (nSPS) is 18.5. The fraction of sp³-hybridized carbons (Fsp3) is 0.353. The third-order valence-corrected chi connectivity index (χ3v) is 4.19. The molecular formula is C17H18N5O. The zero-order valence-corrected chi connectivity index (χ0v) is 13.2. The fourth-order valence-electron chi connectivity index (χ4n) is 3.04. The van der Waals surface area contributed by atoms with Crippen molar-refractivity contribution in [2.24, 2.45) is 0 Å². The van der Waals surface area contributed by atoms with E-state index in [1.54, 1.807) is 0 Å². The highest BCUT2D eigenvalue weighted by molar-refractivity contribution is 5.78. The SMILES string of the molecule is Cc1nn2ccccc2c1-c1n[c]cc(N2CCOCC2C)n1. The molecule has 1 atom stereocenters. The lowest BCUT2D eigenvalue weighted by molar-refractivity contribution is 0.0985. The number of hydrogen-bond donors (Lipinski definition) is 0. The second-order valence-electron chi connectivity index (χ2n) is 5.79. The zero-order valence-electron chi connectivity index (χ0n) is 13.2. The molecule has 0 aliphatic carbocycles. The van der Waals surface area contributed by atoms with Crippen molar-refractivity contribution in [3.8, 4) is 11.4 Å². The number of morpholine rings is 1. The lowest BCUT2D eigenvalue weighted by Gasteiger charge is -2.34. The molecule has 6 heteroatoms. The molecule has 1 aliphatic rings. The predicted octanol–water partition coefficient (Wildman–Crippen LogP) is 2.13. The summed E-state index contributed by atoms with van der Waals surface area (Å²) in [6.45, 7) is 6.39. The van der Waals surface area contributed by atoms with Gasteiger partial charge in [-0.1, -0.05) is 6.07 Å². The molecule has 0 saturated carbocycles. The van der Waals surface area contributed by atoms with Gasteiger partial charge in [-0.3, -0.25) is 0 Å². The van der Waals surface area contributed by atoms with Crippen molar-refractivity contribution in [1.82, 2.24) is 19.6 Å². The summed E-state index contributed by atoms with van der Waals surface area (Å²) in [4.78, 5) is 11.4. The van der Waals surface area contributed by atoms with Gasteiger partial charge in [0.25, 0.3) is 0 Å². The molecule has 0 N–H and O–H groups in total. The van der Waals surface area contributed by atoms with E-state index in [4.69, 9.17) is 9.72 Å². The van der Waals surface area contributed by atoms with Crippen LogP contribution in [0, 0.1) is 13.1 Å². The number of nitrogens with zero attached hydrogens (tertiary/aromatic N) is 5. The van der Waals surface area contributed by atoms with Crippen LogP contribution in [-0.4, -0.2) is 45.4 Å². The third kappa shape index (κ3) is 2.45. The minimum absolute atomic E-state index is 0.296. The number of anilines is 1. The van der Waals surface area contributed by atoms with E-state index in [9.17, 15) is 0 Å². The summed E-state index contributed by atoms with van der Waals surface area (Å²) in [6, 6.07) is 8.12. The van der Waals surface area contributed by atoms with E-state index in [1.807, 2.05) is 41.9 Å². The monoisotopic (exact) mass is 308 g/mol. The van der Waals surface area contributed by atoms with Crippen molar-refractivity contribution in [3.05, 3.63) is 42.4 Å². The summed E-state index contributed by atoms with van der Waals surface area (Å²) in [5, 5.41) is 4.54. The van der Waals surface area contributed by atoms with Crippen LogP contribution in [-0.2, 0) is 4.74 Å². The van der Waals surface area contributed by atoms with Gasteiger partial charge < -0.3 is 9.64 Å². The summed E-state index contributed by atoms with van der Waals surface area (Å²) in [6.07, 6.45) is 4.93. The van der Waals surface area contributed by atoms with Gasteiger partial charge in [0.2, 0.25) is 0 Å². The highest BCUT2D eigenvalue weighted by Gasteiger charge is 2.22. The second-order valence-corrected chi connectivity index (χ2v) is 5.79. The summed E-state index contributed by atoms with van der Waals surface area (Å²) >= 11 is 0. The predicted molar refractivity (Wildman–Crippen MR) is 87.4 cm³/mol. The average molecular weight is 308 g/mol. The van der Waals surface area contributed by atoms with Crippen LogP contribution in [0.2, 0.25) is 0 Å². The average Bonchev–Trinajstić information content (AvgIpc) is 2.91. The summed E-state index contributed by atoms with van der Waals surface area (Å²) in [5.41, 5.74) is 2.88. The minimum Gasteiger partial charge on any atom is -0.377 e. The number of rotatable bonds is 2. The van der Waals surface area contributed by atoms with Crippen LogP contribution in [0.1, 0.15) is 12.6 Å². The van der Waals surface area contributed by atoms with E-state index in [-0.39, 0.29) is 0 Å². The highest BCUT2D eigenvalue weighted by Crippen LogP contribution is 2.27. The first-order chi connectivity index (χ1) is 11.2. The molecule has 1 radical (unpaired) electrons. The molecule has 4 heterocycles. The van der Waals surface area contributed by atoms with E-state index >= 15 is 0 Å². The van der Waals surface area contributed by atoms with Gasteiger partial charge in [-0.15, -0.1) is 0 Å². The van der Waals surface area contributed by atoms with Gasteiger partial charge in [0.15, 0.2) is 5.82 Å². The third-order valence-electron chi connectivity index (χ3n) is 4.19. The van der Waals surface area contributed by atoms with Gasteiger partial charge in [0.1, 0.15) is 5.82 Å². The van der Waals surface area contributed by atoms with Crippen molar-refractivity contribution >= 4 is 11.3 Å². The topological polar surface area (TPSA) is 55.5 Å². The van der Waals surface area contributed by atoms with Crippen LogP contribution in [0.5, 0.6) is 0 Å². The van der Waals surface area contributed by atoms with Crippen LogP contribution >= 0.6 is 0 Å². The van der Waals surface area contributed by atoms with E-state index in [0.717, 1.165) is 42.4 Å². The maximum absolute atomic E-state index is 5.50. The maximum atomic E-state index is 5.50. The molecule has 6 nitrogen and oxygen atoms in total. The number of pyridine rings is 1. The number of aromatic nitrogens is 4. The van der Waals surface area contributed by atoms with Gasteiger partial charge in [-0.05, 0) is 26.0 Å². The maximum Gasteiger partial charge on any atom is 0.166 e. The molecule has 23 heavy (non-hydrogen) atoms. The highest BCUT2D eigenvalue weighted by atomic mass is 16.5. The van der Waals surface area contributed by atoms with Crippen LogP contribution in [0.4, 0.5) is 5.82 Å². The lowest BCUT2D eigenvalue weighted by atomic mass is 10.2. The molecule has 0 amide bonds. The molecule has 1 fully saturated rings. The van der Waals surface area contributed by atoms with Crippen LogP contribution < -0.4 is 4.90 Å². The van der Waals surface area contributed by atoms with E-state index in [0.29, 0.717) is 11.9 Å². The molecule has 0 aromatic carbocycles. The summed E-state index contributed by atoms with van der Waals surface area (Å²) < 4.78 is 7.36. The summed E-state index contributed by atoms with van der Waals surface area (Å²) in [5.74, 6) is 1.56. The molecular weight excluding hydrogens is 290 g/mol. The van der Waals surface area contributed by atoms with E-state index < -0.39 is 0 Å². The van der Waals surface area contributed by atoms with Crippen LogP contribution in [0.3, 0.4) is 0 Å². The van der Waals surface area contributed by atoms with Gasteiger partial charge >= 0.3 is 0 Å². The minimum atomic E-state index is 0.296. The number of fused-ring (bicyclic) bond motifs is 1. The Morgan fingerprint density at radius 3 is 3.13 bits per heavy atom. The number of aryl methyl sites for hydroxylation is 1. The Kier molecular flexibility index (Phi) is 3.46. The fourth-order valence-corrected chi connectivity index (χ4v) is 3.04. The first kappa shape index (κ1) is 14.1. The number of ether oxygens (including phenoxy) is 1. The van der Waals surface area contributed by atoms with Crippen molar-refractivity contribution in [3.63, 3.8) is 0 Å². The molecule has 1 saturated heterocycles. The Bertz CT molecular complexity index is 844. The van der Waals surface area contributed by atoms with Crippen molar-refractivity contribution in [1.29, 1.82) is 0 Å². The molecule has 1 aliphatic heterocycles. The molecule has 117 valence electrons. The Morgan fingerprint density at radius 2 is 2.26 bits per heavy atom. The van der Waals surface area contributed by atoms with Crippen molar-refractivity contribution in [2.75, 3.05) is 24.7 Å². The summed E-state index contributed by atoms with van der Waals surface area (Å²) in [7, 11) is 0. The first-order valence-electron chi connectivity index (χ1n) is 7.78. The Labute approximate surface area is 134 Å². The van der Waals surface area contributed by atoms with Crippen LogP contribution in [0.15, 0.2) is 30.5 Å². The molecule has 1 unspecified atom stereocenters. The van der Waals surface area contributed by atoms with Crippen LogP contribution in [0.25, 0.3) is 16.9 Å². The first-order valence-corrected chi connectivity index (χ1v) is 7.78. The van der Waals surface area contributed by atoms with Crippen molar-refractivity contribution < 1.29 is 4.74 Å². The van der Waals surface area contributed by atoms with E-state index in [2.05, 4.69) is 28.1 Å². The molecule has 0 spiro atoms. The second kappa shape index (κ2) is 5.62. The standard InChI is InChI=1S/C17H18N5O/c1-12-11-23-10-9-21(12)15-6-7-18-17(19-15)16-13(2)20-22-8-4-3-5-14(16)22/h3-6,8,12H,9-11H2,1-2H3. The molecule has 4 rings (SSSR count). The largest absolute Gasteiger partial charge is 0.377 e. The quantitative estimate of drug-likeness (QED) is 0.726. The smallest absolute Gasteiger partial charge is 0.166 e. The van der Waals surface area contributed by atoms with Gasteiger partial charge in [-0.25, -0.2) is 14.5 Å². The molecule has 3 aromatic heterocycles. The van der Waals surface area contributed by atoms with Gasteiger partial charge in [-0.2, -0.15) is 5.10 Å². The Hall–Kier alpha value is -2.47. The molecule has 0 bridgehead atoms. The van der Waals surface area contributed by atoms with Crippen molar-refractivity contribution in [2.45, 2.75) is 19.9 Å². The van der Waals surface area contributed by atoms with Gasteiger partial charge in [0.05, 0.1) is 42.2 Å².